The average molecular weight is 398 g/mol. The minimum absolute atomic E-state index is 0.0915. The third kappa shape index (κ3) is 8.08. The third-order valence-corrected chi connectivity index (χ3v) is 4.46. The highest BCUT2D eigenvalue weighted by molar-refractivity contribution is 7.97. The van der Waals surface area contributed by atoms with Crippen LogP contribution in [0.2, 0.25) is 0 Å². The molecule has 2 aromatic carbocycles. The first kappa shape index (κ1) is 21.6. The van der Waals surface area contributed by atoms with Gasteiger partial charge in [0.05, 0.1) is 15.6 Å². The van der Waals surface area contributed by atoms with Crippen LogP contribution in [0.5, 0.6) is 0 Å². The summed E-state index contributed by atoms with van der Waals surface area (Å²) in [6.45, 7) is 0. The van der Waals surface area contributed by atoms with Crippen molar-refractivity contribution in [2.24, 2.45) is 0 Å². The molecule has 10 heteroatoms. The molecule has 0 aliphatic rings. The summed E-state index contributed by atoms with van der Waals surface area (Å²) in [6.07, 6.45) is 3.06. The van der Waals surface area contributed by atoms with E-state index in [2.05, 4.69) is 0 Å². The van der Waals surface area contributed by atoms with E-state index in [-0.39, 0.29) is 22.1 Å². The maximum Gasteiger partial charge on any atom is 0.269 e. The van der Waals surface area contributed by atoms with Gasteiger partial charge in [-0.2, -0.15) is 11.8 Å². The number of hydrogen-bond donors (Lipinski definition) is 0. The molecule has 0 aliphatic heterocycles. The Morgan fingerprint density at radius 1 is 0.923 bits per heavy atom. The van der Waals surface area contributed by atoms with Gasteiger partial charge < -0.3 is 0 Å². The van der Waals surface area contributed by atoms with Crippen LogP contribution in [0.1, 0.15) is 11.1 Å². The van der Waals surface area contributed by atoms with E-state index in [0.717, 1.165) is 17.6 Å². The van der Waals surface area contributed by atoms with Crippen LogP contribution in [0.25, 0.3) is 0 Å². The molecular formula is C16H18N2O6S2. The van der Waals surface area contributed by atoms with Gasteiger partial charge in [-0.3, -0.25) is 20.2 Å². The van der Waals surface area contributed by atoms with Crippen molar-refractivity contribution in [2.45, 2.75) is 11.5 Å². The monoisotopic (exact) mass is 398 g/mol. The fraction of sp³-hybridized carbons (Fsp3) is 0.250. The molecule has 0 unspecified atom stereocenters. The van der Waals surface area contributed by atoms with Crippen LogP contribution in [-0.2, 0) is 21.3 Å². The number of non-ortho nitro benzene ring substituents is 2. The van der Waals surface area contributed by atoms with Crippen molar-refractivity contribution >= 4 is 33.0 Å². The number of rotatable bonds is 6. The molecule has 0 heterocycles. The van der Waals surface area contributed by atoms with Gasteiger partial charge in [-0.05, 0) is 17.4 Å². The number of hydrogen-bond acceptors (Lipinski definition) is 7. The van der Waals surface area contributed by atoms with Crippen LogP contribution < -0.4 is 0 Å². The minimum Gasteiger partial charge on any atom is -0.258 e. The van der Waals surface area contributed by atoms with E-state index >= 15 is 0 Å². The lowest BCUT2D eigenvalue weighted by Crippen LogP contribution is -2.01. The van der Waals surface area contributed by atoms with Gasteiger partial charge in [-0.1, -0.05) is 24.3 Å². The average Bonchev–Trinajstić information content (AvgIpc) is 2.54. The Hall–Kier alpha value is -2.46. The lowest BCUT2D eigenvalue weighted by molar-refractivity contribution is -0.385. The first-order valence-corrected chi connectivity index (χ1v) is 10.7. The Bertz CT molecular complexity index is 884. The highest BCUT2D eigenvalue weighted by Gasteiger charge is 2.09. The highest BCUT2D eigenvalue weighted by Crippen LogP contribution is 2.16. The number of thioether (sulfide) groups is 1. The summed E-state index contributed by atoms with van der Waals surface area (Å²) in [4.78, 5) is 19.8. The van der Waals surface area contributed by atoms with E-state index < -0.39 is 14.8 Å². The van der Waals surface area contributed by atoms with Gasteiger partial charge in [0.1, 0.15) is 0 Å². The first-order valence-electron chi connectivity index (χ1n) is 7.25. The molecule has 0 saturated heterocycles. The molecule has 0 radical (unpaired) electrons. The molecule has 0 spiro atoms. The zero-order valence-electron chi connectivity index (χ0n) is 14.2. The van der Waals surface area contributed by atoms with E-state index in [9.17, 15) is 28.6 Å². The second kappa shape index (κ2) is 9.88. The Morgan fingerprint density at radius 2 is 1.38 bits per heavy atom. The van der Waals surface area contributed by atoms with Crippen molar-refractivity contribution in [1.82, 2.24) is 0 Å². The molecule has 0 amide bonds. The number of nitro benzene ring substituents is 2. The zero-order chi connectivity index (χ0) is 19.7. The van der Waals surface area contributed by atoms with E-state index in [1.807, 2.05) is 12.3 Å². The molecule has 0 aromatic heterocycles. The molecule has 0 saturated carbocycles. The number of nitrogens with zero attached hydrogens (tertiary/aromatic N) is 2. The summed E-state index contributed by atoms with van der Waals surface area (Å²) in [5, 5.41) is 20.7. The quantitative estimate of drug-likeness (QED) is 0.538. The summed E-state index contributed by atoms with van der Waals surface area (Å²) in [5.74, 6) is 0.649. The normalized spacial score (nSPS) is 10.5. The molecule has 140 valence electrons. The molecule has 0 N–H and O–H groups in total. The van der Waals surface area contributed by atoms with Gasteiger partial charge in [0, 0.05) is 36.3 Å². The molecular weight excluding hydrogens is 380 g/mol. The van der Waals surface area contributed by atoms with E-state index in [0.29, 0.717) is 5.56 Å². The highest BCUT2D eigenvalue weighted by atomic mass is 32.2. The fourth-order valence-corrected chi connectivity index (χ4v) is 3.29. The van der Waals surface area contributed by atoms with Crippen molar-refractivity contribution in [3.8, 4) is 0 Å². The SMILES string of the molecule is CS(=O)(=O)Cc1cccc([N+](=O)[O-])c1.CSCc1cccc([N+](=O)[O-])c1. The van der Waals surface area contributed by atoms with E-state index in [1.165, 1.54) is 24.3 Å². The first-order chi connectivity index (χ1) is 12.1. The summed E-state index contributed by atoms with van der Waals surface area (Å²) >= 11 is 1.65. The van der Waals surface area contributed by atoms with Crippen LogP contribution in [0.4, 0.5) is 11.4 Å². The Morgan fingerprint density at radius 3 is 1.81 bits per heavy atom. The molecule has 0 aliphatic carbocycles. The van der Waals surface area contributed by atoms with Gasteiger partial charge >= 0.3 is 0 Å². The largest absolute Gasteiger partial charge is 0.269 e. The number of benzene rings is 2. The summed E-state index contributed by atoms with van der Waals surface area (Å²) in [5.41, 5.74) is 1.51. The maximum atomic E-state index is 10.9. The van der Waals surface area contributed by atoms with Crippen molar-refractivity contribution in [3.63, 3.8) is 0 Å². The number of sulfone groups is 1. The van der Waals surface area contributed by atoms with Crippen molar-refractivity contribution in [2.75, 3.05) is 12.5 Å². The molecule has 2 aromatic rings. The fourth-order valence-electron chi connectivity index (χ4n) is 1.99. The van der Waals surface area contributed by atoms with Crippen LogP contribution in [-0.4, -0.2) is 30.8 Å². The Labute approximate surface area is 155 Å². The third-order valence-electron chi connectivity index (χ3n) is 2.98. The Balaban J connectivity index is 0.000000263. The standard InChI is InChI=1S/C8H9NO4S.C8H9NO2S/c1-14(12,13)6-7-3-2-4-8(5-7)9(10)11;1-12-6-7-3-2-4-8(5-7)9(10)11/h2-5H,6H2,1H3;2-5H,6H2,1H3. The van der Waals surface area contributed by atoms with Crippen LogP contribution >= 0.6 is 11.8 Å². The summed E-state index contributed by atoms with van der Waals surface area (Å²) in [6, 6.07) is 12.3. The summed E-state index contributed by atoms with van der Waals surface area (Å²) in [7, 11) is -3.14. The minimum atomic E-state index is -3.14. The van der Waals surface area contributed by atoms with Crippen LogP contribution in [0, 0.1) is 20.2 Å². The van der Waals surface area contributed by atoms with E-state index in [1.54, 1.807) is 30.0 Å². The molecule has 0 bridgehead atoms. The predicted molar refractivity (Wildman–Crippen MR) is 102 cm³/mol. The smallest absolute Gasteiger partial charge is 0.258 e. The predicted octanol–water partition coefficient (Wildman–Crippen LogP) is 3.60. The van der Waals surface area contributed by atoms with Gasteiger partial charge in [-0.25, -0.2) is 8.42 Å². The molecule has 8 nitrogen and oxygen atoms in total. The van der Waals surface area contributed by atoms with Crippen LogP contribution in [0.3, 0.4) is 0 Å². The van der Waals surface area contributed by atoms with Gasteiger partial charge in [0.2, 0.25) is 0 Å². The maximum absolute atomic E-state index is 10.9. The second-order valence-electron chi connectivity index (χ2n) is 5.36. The molecule has 0 fully saturated rings. The van der Waals surface area contributed by atoms with Gasteiger partial charge in [0.15, 0.2) is 9.84 Å². The van der Waals surface area contributed by atoms with Gasteiger partial charge in [-0.15, -0.1) is 0 Å². The van der Waals surface area contributed by atoms with Gasteiger partial charge in [0.25, 0.3) is 11.4 Å². The second-order valence-corrected chi connectivity index (χ2v) is 8.36. The van der Waals surface area contributed by atoms with Crippen molar-refractivity contribution < 1.29 is 18.3 Å². The summed E-state index contributed by atoms with van der Waals surface area (Å²) < 4.78 is 21.8. The lowest BCUT2D eigenvalue weighted by atomic mass is 10.2. The zero-order valence-corrected chi connectivity index (χ0v) is 15.8. The van der Waals surface area contributed by atoms with Crippen LogP contribution in [0.15, 0.2) is 48.5 Å². The topological polar surface area (TPSA) is 120 Å². The lowest BCUT2D eigenvalue weighted by Gasteiger charge is -1.98. The van der Waals surface area contributed by atoms with E-state index in [4.69, 9.17) is 0 Å². The van der Waals surface area contributed by atoms with Crippen molar-refractivity contribution in [1.29, 1.82) is 0 Å². The molecule has 26 heavy (non-hydrogen) atoms. The Kier molecular flexibility index (Phi) is 8.20. The molecule has 2 rings (SSSR count). The number of nitro groups is 2. The van der Waals surface area contributed by atoms with Crippen molar-refractivity contribution in [3.05, 3.63) is 79.9 Å². The molecule has 0 atom stereocenters.